The minimum absolute atomic E-state index is 0.877. The van der Waals surface area contributed by atoms with Crippen LogP contribution >= 0.6 is 11.3 Å². The molecule has 2 aromatic heterocycles. The smallest absolute Gasteiger partial charge is 0.0979 e. The van der Waals surface area contributed by atoms with Gasteiger partial charge in [0.05, 0.1) is 22.9 Å². The molecule has 0 radical (unpaired) electrons. The van der Waals surface area contributed by atoms with Gasteiger partial charge in [-0.1, -0.05) is 158 Å². The third-order valence-corrected chi connectivity index (χ3v) is 11.0. The number of benzene rings is 8. The Morgan fingerprint density at radius 3 is 1.43 bits per heavy atom. The van der Waals surface area contributed by atoms with Crippen LogP contribution in [0.15, 0.2) is 170 Å². The van der Waals surface area contributed by atoms with E-state index in [0.717, 1.165) is 33.1 Å². The second-order valence-electron chi connectivity index (χ2n) is 12.6. The first kappa shape index (κ1) is 27.9. The topological polar surface area (TPSA) is 25.8 Å². The SMILES string of the molecule is c1ccc2c(c1)sc1c(-c3ccc(-c4ccc(-c5ccc(-c6cnc7c8ccccc8c8ccccc8c7n6)cc5)cc4)cc3)cccc12. The van der Waals surface area contributed by atoms with Gasteiger partial charge in [0.25, 0.3) is 0 Å². The molecule has 0 amide bonds. The molecule has 0 N–H and O–H groups in total. The quantitative estimate of drug-likeness (QED) is 0.179. The molecule has 0 aliphatic carbocycles. The van der Waals surface area contributed by atoms with Gasteiger partial charge in [-0.15, -0.1) is 11.3 Å². The van der Waals surface area contributed by atoms with E-state index in [1.165, 1.54) is 64.3 Å². The third-order valence-electron chi connectivity index (χ3n) is 9.76. The molecule has 8 aromatic carbocycles. The summed E-state index contributed by atoms with van der Waals surface area (Å²) in [5.41, 5.74) is 11.1. The van der Waals surface area contributed by atoms with Crippen molar-refractivity contribution in [2.45, 2.75) is 0 Å². The molecule has 0 saturated heterocycles. The molecule has 0 unspecified atom stereocenters. The second kappa shape index (κ2) is 11.2. The molecule has 49 heavy (non-hydrogen) atoms. The zero-order valence-corrected chi connectivity index (χ0v) is 27.3. The molecule has 3 heteroatoms. The Morgan fingerprint density at radius 1 is 0.347 bits per heavy atom. The Bertz CT molecular complexity index is 2810. The third kappa shape index (κ3) is 4.62. The fraction of sp³-hybridized carbons (Fsp3) is 0. The first-order valence-electron chi connectivity index (χ1n) is 16.6. The van der Waals surface area contributed by atoms with E-state index in [1.807, 2.05) is 17.5 Å². The zero-order chi connectivity index (χ0) is 32.3. The summed E-state index contributed by atoms with van der Waals surface area (Å²) in [6.45, 7) is 0. The van der Waals surface area contributed by atoms with Crippen molar-refractivity contribution in [1.29, 1.82) is 0 Å². The van der Waals surface area contributed by atoms with E-state index in [9.17, 15) is 0 Å². The highest BCUT2D eigenvalue weighted by Gasteiger charge is 2.13. The molecule has 2 nitrogen and oxygen atoms in total. The molecular weight excluding hydrogens is 613 g/mol. The summed E-state index contributed by atoms with van der Waals surface area (Å²) in [7, 11) is 0. The molecule has 2 heterocycles. The molecule has 228 valence electrons. The Hall–Kier alpha value is -6.16. The van der Waals surface area contributed by atoms with E-state index in [1.54, 1.807) is 0 Å². The van der Waals surface area contributed by atoms with Crippen molar-refractivity contribution in [3.63, 3.8) is 0 Å². The van der Waals surface area contributed by atoms with Gasteiger partial charge < -0.3 is 0 Å². The van der Waals surface area contributed by atoms with E-state index in [2.05, 4.69) is 164 Å². The number of rotatable bonds is 4. The van der Waals surface area contributed by atoms with Crippen molar-refractivity contribution in [3.8, 4) is 44.6 Å². The monoisotopic (exact) mass is 640 g/mol. The average Bonchev–Trinajstić information content (AvgIpc) is 3.57. The number of fused-ring (bicyclic) bond motifs is 9. The lowest BCUT2D eigenvalue weighted by atomic mass is 9.97. The number of hydrogen-bond donors (Lipinski definition) is 0. The maximum Gasteiger partial charge on any atom is 0.0979 e. The Kier molecular flexibility index (Phi) is 6.39. The first-order valence-corrected chi connectivity index (χ1v) is 17.4. The Labute approximate surface area is 287 Å². The normalized spacial score (nSPS) is 11.7. The minimum Gasteiger partial charge on any atom is -0.252 e. The maximum atomic E-state index is 5.16. The summed E-state index contributed by atoms with van der Waals surface area (Å²) >= 11 is 1.88. The summed E-state index contributed by atoms with van der Waals surface area (Å²) in [5, 5.41) is 7.34. The van der Waals surface area contributed by atoms with Gasteiger partial charge in [-0.2, -0.15) is 0 Å². The standard InChI is InChI=1S/C46H28N2S/c1-3-11-39-36(8-1)37-9-2-4-12-40(37)45-44(39)47-28-42(48-45)34-26-22-32(23-27-34)30-18-16-29(17-19-30)31-20-24-33(25-21-31)35-13-7-14-41-38-10-5-6-15-43(38)49-46(35)41/h1-28H. The van der Waals surface area contributed by atoms with E-state index < -0.39 is 0 Å². The van der Waals surface area contributed by atoms with Gasteiger partial charge in [0, 0.05) is 36.5 Å². The first-order chi connectivity index (χ1) is 24.3. The summed E-state index contributed by atoms with van der Waals surface area (Å²) in [5.74, 6) is 0. The van der Waals surface area contributed by atoms with Crippen LogP contribution < -0.4 is 0 Å². The molecule has 0 spiro atoms. The fourth-order valence-corrected chi connectivity index (χ4v) is 8.51. The molecule has 0 aliphatic heterocycles. The molecule has 0 atom stereocenters. The molecule has 0 bridgehead atoms. The van der Waals surface area contributed by atoms with Crippen LogP contribution in [0.1, 0.15) is 0 Å². The Balaban J connectivity index is 0.927. The molecule has 0 saturated carbocycles. The lowest BCUT2D eigenvalue weighted by Gasteiger charge is -2.11. The fourth-order valence-electron chi connectivity index (χ4n) is 7.27. The van der Waals surface area contributed by atoms with E-state index in [4.69, 9.17) is 9.97 Å². The highest BCUT2D eigenvalue weighted by Crippen LogP contribution is 2.40. The van der Waals surface area contributed by atoms with Crippen LogP contribution in [0.5, 0.6) is 0 Å². The van der Waals surface area contributed by atoms with Gasteiger partial charge in [-0.3, -0.25) is 4.98 Å². The van der Waals surface area contributed by atoms with Gasteiger partial charge in [0.1, 0.15) is 0 Å². The lowest BCUT2D eigenvalue weighted by Crippen LogP contribution is -1.92. The predicted molar refractivity (Wildman–Crippen MR) is 209 cm³/mol. The van der Waals surface area contributed by atoms with Gasteiger partial charge in [0.15, 0.2) is 0 Å². The summed E-state index contributed by atoms with van der Waals surface area (Å²) in [6, 6.07) is 58.8. The lowest BCUT2D eigenvalue weighted by molar-refractivity contribution is 1.31. The van der Waals surface area contributed by atoms with Crippen molar-refractivity contribution in [2.24, 2.45) is 0 Å². The van der Waals surface area contributed by atoms with Crippen LogP contribution in [0.4, 0.5) is 0 Å². The van der Waals surface area contributed by atoms with Crippen LogP contribution in [0.2, 0.25) is 0 Å². The van der Waals surface area contributed by atoms with Crippen molar-refractivity contribution in [1.82, 2.24) is 9.97 Å². The van der Waals surface area contributed by atoms with Crippen LogP contribution in [-0.2, 0) is 0 Å². The summed E-state index contributed by atoms with van der Waals surface area (Å²) in [6.07, 6.45) is 1.90. The zero-order valence-electron chi connectivity index (χ0n) is 26.5. The van der Waals surface area contributed by atoms with Gasteiger partial charge in [0.2, 0.25) is 0 Å². The molecular formula is C46H28N2S. The molecule has 10 aromatic rings. The molecule has 0 fully saturated rings. The van der Waals surface area contributed by atoms with Gasteiger partial charge >= 0.3 is 0 Å². The van der Waals surface area contributed by atoms with Crippen LogP contribution in [0.25, 0.3) is 97.4 Å². The van der Waals surface area contributed by atoms with Gasteiger partial charge in [-0.05, 0) is 50.2 Å². The summed E-state index contributed by atoms with van der Waals surface area (Å²) < 4.78 is 2.68. The van der Waals surface area contributed by atoms with Crippen molar-refractivity contribution >= 4 is 64.1 Å². The Morgan fingerprint density at radius 2 is 0.816 bits per heavy atom. The molecule has 10 rings (SSSR count). The summed E-state index contributed by atoms with van der Waals surface area (Å²) in [4.78, 5) is 10.1. The number of thiophene rings is 1. The highest BCUT2D eigenvalue weighted by atomic mass is 32.1. The second-order valence-corrected chi connectivity index (χ2v) is 13.6. The van der Waals surface area contributed by atoms with E-state index >= 15 is 0 Å². The van der Waals surface area contributed by atoms with Crippen LogP contribution in [0.3, 0.4) is 0 Å². The number of nitrogens with zero attached hydrogens (tertiary/aromatic N) is 2. The highest BCUT2D eigenvalue weighted by molar-refractivity contribution is 7.26. The van der Waals surface area contributed by atoms with Crippen molar-refractivity contribution < 1.29 is 0 Å². The molecule has 0 aliphatic rings. The minimum atomic E-state index is 0.877. The van der Waals surface area contributed by atoms with E-state index in [-0.39, 0.29) is 0 Å². The number of hydrogen-bond acceptors (Lipinski definition) is 3. The van der Waals surface area contributed by atoms with E-state index in [0.29, 0.717) is 0 Å². The number of aromatic nitrogens is 2. The van der Waals surface area contributed by atoms with Crippen LogP contribution in [-0.4, -0.2) is 9.97 Å². The van der Waals surface area contributed by atoms with Crippen LogP contribution in [0, 0.1) is 0 Å². The van der Waals surface area contributed by atoms with Gasteiger partial charge in [-0.25, -0.2) is 4.98 Å². The largest absolute Gasteiger partial charge is 0.252 e. The van der Waals surface area contributed by atoms with Crippen molar-refractivity contribution in [2.75, 3.05) is 0 Å². The average molecular weight is 641 g/mol. The maximum absolute atomic E-state index is 5.16. The van der Waals surface area contributed by atoms with Crippen molar-refractivity contribution in [3.05, 3.63) is 170 Å². The predicted octanol–water partition coefficient (Wildman–Crippen LogP) is 13.0.